The summed E-state index contributed by atoms with van der Waals surface area (Å²) >= 11 is 1.61. The molecule has 4 heteroatoms. The summed E-state index contributed by atoms with van der Waals surface area (Å²) in [5, 5.41) is 2.97. The lowest BCUT2D eigenvalue weighted by atomic mass is 10.0. The lowest BCUT2D eigenvalue weighted by Gasteiger charge is -2.30. The zero-order valence-electron chi connectivity index (χ0n) is 9.19. The summed E-state index contributed by atoms with van der Waals surface area (Å²) in [5.41, 5.74) is 0.619. The highest BCUT2D eigenvalue weighted by Crippen LogP contribution is 2.31. The number of carbonyl (C=O) groups excluding carboxylic acids is 1. The van der Waals surface area contributed by atoms with Gasteiger partial charge in [-0.3, -0.25) is 9.69 Å². The second-order valence-electron chi connectivity index (χ2n) is 4.12. The van der Waals surface area contributed by atoms with E-state index in [0.717, 1.165) is 11.6 Å². The molecule has 15 heavy (non-hydrogen) atoms. The van der Waals surface area contributed by atoms with E-state index in [0.29, 0.717) is 11.7 Å². The molecule has 82 valence electrons. The van der Waals surface area contributed by atoms with E-state index in [9.17, 15) is 4.79 Å². The first-order valence-electron chi connectivity index (χ1n) is 5.35. The van der Waals surface area contributed by atoms with Gasteiger partial charge in [0.2, 0.25) is 0 Å². The van der Waals surface area contributed by atoms with Gasteiger partial charge in [0.1, 0.15) is 10.7 Å². The average Bonchev–Trinajstić information content (AvgIpc) is 2.67. The zero-order valence-corrected chi connectivity index (χ0v) is 10.0. The number of rotatable bonds is 2. The van der Waals surface area contributed by atoms with Crippen LogP contribution in [0.25, 0.3) is 0 Å². The second-order valence-corrected chi connectivity index (χ2v) is 5.01. The number of hydrogen-bond donors (Lipinski definition) is 0. The first-order valence-corrected chi connectivity index (χ1v) is 6.23. The lowest BCUT2D eigenvalue weighted by Crippen LogP contribution is -2.29. The van der Waals surface area contributed by atoms with Crippen LogP contribution in [0.1, 0.15) is 47.7 Å². The van der Waals surface area contributed by atoms with Gasteiger partial charge in [-0.1, -0.05) is 6.42 Å². The molecule has 0 aliphatic carbocycles. The first kappa shape index (κ1) is 10.8. The smallest absolute Gasteiger partial charge is 0.178 e. The van der Waals surface area contributed by atoms with Gasteiger partial charge in [0.15, 0.2) is 5.78 Å². The van der Waals surface area contributed by atoms with E-state index in [1.165, 1.54) is 19.3 Å². The van der Waals surface area contributed by atoms with E-state index in [1.54, 1.807) is 18.3 Å². The maximum atomic E-state index is 11.2. The Labute approximate surface area is 94.1 Å². The van der Waals surface area contributed by atoms with E-state index < -0.39 is 0 Å². The number of hydrogen-bond acceptors (Lipinski definition) is 4. The third kappa shape index (κ3) is 2.26. The van der Waals surface area contributed by atoms with Gasteiger partial charge in [-0.2, -0.15) is 0 Å². The molecule has 1 aromatic heterocycles. The predicted octanol–water partition coefficient (Wildman–Crippen LogP) is 2.50. The molecule has 1 unspecified atom stereocenters. The molecule has 1 fully saturated rings. The lowest BCUT2D eigenvalue weighted by molar-refractivity contribution is 0.101. The van der Waals surface area contributed by atoms with Crippen LogP contribution in [0.15, 0.2) is 5.38 Å². The Morgan fingerprint density at radius 2 is 2.40 bits per heavy atom. The van der Waals surface area contributed by atoms with Crippen molar-refractivity contribution < 1.29 is 4.79 Å². The minimum absolute atomic E-state index is 0.0657. The molecule has 1 saturated heterocycles. The molecule has 2 rings (SSSR count). The second kappa shape index (κ2) is 4.41. The maximum absolute atomic E-state index is 11.2. The summed E-state index contributed by atoms with van der Waals surface area (Å²) < 4.78 is 0. The van der Waals surface area contributed by atoms with Gasteiger partial charge < -0.3 is 0 Å². The van der Waals surface area contributed by atoms with Crippen LogP contribution >= 0.6 is 11.3 Å². The minimum Gasteiger partial charge on any atom is -0.297 e. The van der Waals surface area contributed by atoms with E-state index >= 15 is 0 Å². The van der Waals surface area contributed by atoms with Gasteiger partial charge in [-0.15, -0.1) is 11.3 Å². The van der Waals surface area contributed by atoms with Crippen molar-refractivity contribution in [2.45, 2.75) is 32.2 Å². The van der Waals surface area contributed by atoms with Crippen molar-refractivity contribution in [2.75, 3.05) is 13.6 Å². The van der Waals surface area contributed by atoms with Crippen LogP contribution in [-0.2, 0) is 0 Å². The van der Waals surface area contributed by atoms with E-state index in [4.69, 9.17) is 0 Å². The van der Waals surface area contributed by atoms with Gasteiger partial charge >= 0.3 is 0 Å². The summed E-state index contributed by atoms with van der Waals surface area (Å²) in [6.45, 7) is 2.71. The summed E-state index contributed by atoms with van der Waals surface area (Å²) in [7, 11) is 2.14. The highest BCUT2D eigenvalue weighted by Gasteiger charge is 2.23. The highest BCUT2D eigenvalue weighted by molar-refractivity contribution is 7.09. The molecule has 0 spiro atoms. The van der Waals surface area contributed by atoms with E-state index in [1.807, 2.05) is 5.38 Å². The van der Waals surface area contributed by atoms with Crippen LogP contribution in [-0.4, -0.2) is 29.3 Å². The molecule has 3 nitrogen and oxygen atoms in total. The topological polar surface area (TPSA) is 33.2 Å². The van der Waals surface area contributed by atoms with Crippen LogP contribution in [0.5, 0.6) is 0 Å². The number of likely N-dealkylation sites (tertiary alicyclic amines) is 1. The van der Waals surface area contributed by atoms with Gasteiger partial charge in [0.05, 0.1) is 6.04 Å². The number of thiazole rings is 1. The molecule has 1 aliphatic rings. The van der Waals surface area contributed by atoms with Crippen molar-refractivity contribution in [3.05, 3.63) is 16.1 Å². The number of carbonyl (C=O) groups is 1. The van der Waals surface area contributed by atoms with Crippen LogP contribution in [0.3, 0.4) is 0 Å². The van der Waals surface area contributed by atoms with Gasteiger partial charge in [-0.05, 0) is 26.4 Å². The molecular weight excluding hydrogens is 208 g/mol. The van der Waals surface area contributed by atoms with Crippen molar-refractivity contribution in [3.63, 3.8) is 0 Å². The fourth-order valence-corrected chi connectivity index (χ4v) is 3.05. The maximum Gasteiger partial charge on any atom is 0.178 e. The standard InChI is InChI=1S/C11H16N2OS/c1-8(14)9-7-15-11(12-9)10-5-3-4-6-13(10)2/h7,10H,3-6H2,1-2H3. The number of nitrogens with zero attached hydrogens (tertiary/aromatic N) is 2. The number of ketones is 1. The SMILES string of the molecule is CC(=O)c1csc(C2CCCCN2C)n1. The first-order chi connectivity index (χ1) is 7.18. The monoisotopic (exact) mass is 224 g/mol. The molecule has 0 N–H and O–H groups in total. The van der Waals surface area contributed by atoms with Crippen LogP contribution in [0.2, 0.25) is 0 Å². The third-order valence-electron chi connectivity index (χ3n) is 2.94. The van der Waals surface area contributed by atoms with E-state index in [2.05, 4.69) is 16.9 Å². The summed E-state index contributed by atoms with van der Waals surface area (Å²) in [6.07, 6.45) is 3.71. The summed E-state index contributed by atoms with van der Waals surface area (Å²) in [4.78, 5) is 17.9. The molecule has 1 aromatic rings. The van der Waals surface area contributed by atoms with Crippen LogP contribution in [0.4, 0.5) is 0 Å². The predicted molar refractivity (Wildman–Crippen MR) is 61.3 cm³/mol. The van der Waals surface area contributed by atoms with Crippen molar-refractivity contribution in [1.29, 1.82) is 0 Å². The third-order valence-corrected chi connectivity index (χ3v) is 3.88. The van der Waals surface area contributed by atoms with Crippen molar-refractivity contribution in [1.82, 2.24) is 9.88 Å². The van der Waals surface area contributed by atoms with Crippen LogP contribution in [0, 0.1) is 0 Å². The molecular formula is C11H16N2OS. The Hall–Kier alpha value is -0.740. The zero-order chi connectivity index (χ0) is 10.8. The average molecular weight is 224 g/mol. The van der Waals surface area contributed by atoms with Crippen molar-refractivity contribution >= 4 is 17.1 Å². The highest BCUT2D eigenvalue weighted by atomic mass is 32.1. The Morgan fingerprint density at radius 3 is 3.00 bits per heavy atom. The largest absolute Gasteiger partial charge is 0.297 e. The molecule has 0 saturated carbocycles. The summed E-state index contributed by atoms with van der Waals surface area (Å²) in [6, 6.07) is 0.428. The Balaban J connectivity index is 2.17. The van der Waals surface area contributed by atoms with Crippen LogP contribution < -0.4 is 0 Å². The van der Waals surface area contributed by atoms with Gasteiger partial charge in [-0.25, -0.2) is 4.98 Å². The molecule has 0 aromatic carbocycles. The minimum atomic E-state index is 0.0657. The quantitative estimate of drug-likeness (QED) is 0.724. The van der Waals surface area contributed by atoms with Gasteiger partial charge in [0.25, 0.3) is 0 Å². The number of Topliss-reactive ketones (excluding diaryl/α,β-unsaturated/α-hetero) is 1. The number of piperidine rings is 1. The van der Waals surface area contributed by atoms with Crippen molar-refractivity contribution in [3.8, 4) is 0 Å². The van der Waals surface area contributed by atoms with Crippen molar-refractivity contribution in [2.24, 2.45) is 0 Å². The summed E-state index contributed by atoms with van der Waals surface area (Å²) in [5.74, 6) is 0.0657. The van der Waals surface area contributed by atoms with Gasteiger partial charge in [0, 0.05) is 12.3 Å². The molecule has 0 amide bonds. The number of aromatic nitrogens is 1. The molecule has 2 heterocycles. The Morgan fingerprint density at radius 1 is 1.60 bits per heavy atom. The molecule has 0 radical (unpaired) electrons. The fourth-order valence-electron chi connectivity index (χ4n) is 1.99. The molecule has 1 atom stereocenters. The molecule has 1 aliphatic heterocycles. The fraction of sp³-hybridized carbons (Fsp3) is 0.636. The van der Waals surface area contributed by atoms with E-state index in [-0.39, 0.29) is 5.78 Å². The Kier molecular flexibility index (Phi) is 3.17. The Bertz CT molecular complexity index is 361. The molecule has 0 bridgehead atoms. The normalized spacial score (nSPS) is 22.9.